The van der Waals surface area contributed by atoms with Crippen LogP contribution in [0.4, 0.5) is 9.59 Å². The average Bonchev–Trinajstić information content (AvgIpc) is 2.78. The molecule has 0 aromatic rings. The number of unbranched alkanes of at least 4 members (excludes halogenated alkanes) is 1. The Bertz CT molecular complexity index is 771. The molecule has 38 heavy (non-hydrogen) atoms. The highest BCUT2D eigenvalue weighted by Gasteiger charge is 2.23. The minimum atomic E-state index is -0.720. The highest BCUT2D eigenvalue weighted by atomic mass is 16.6. The number of hydrogen-bond acceptors (Lipinski definition) is 9. The van der Waals surface area contributed by atoms with Gasteiger partial charge in [-0.25, -0.2) is 9.59 Å². The number of azide groups is 1. The van der Waals surface area contributed by atoms with Gasteiger partial charge in [0.1, 0.15) is 11.2 Å². The predicted molar refractivity (Wildman–Crippen MR) is 142 cm³/mol. The average molecular weight is 544 g/mol. The van der Waals surface area contributed by atoms with Crippen molar-refractivity contribution in [3.05, 3.63) is 10.4 Å². The van der Waals surface area contributed by atoms with Crippen molar-refractivity contribution in [1.82, 2.24) is 5.32 Å². The van der Waals surface area contributed by atoms with Gasteiger partial charge in [0.2, 0.25) is 0 Å². The number of carbonyl (C=O) groups excluding carboxylic acids is 3. The maximum atomic E-state index is 12.8. The fourth-order valence-electron chi connectivity index (χ4n) is 2.82. The minimum absolute atomic E-state index is 0.127. The number of rotatable bonds is 19. The standard InChI is InChI=1S/C25H45N5O8/c1-24(2,3)37-22(32)27-12-8-7-10-20(29-23(33)38-25(4,5)6)21(31)11-9-14-34-16-18-36-19-17-35-15-13-28-30-26/h12,20H,7-11,13-19H2,1-6H3,(H,29,33)/t20-/m0/s1. The molecule has 218 valence electrons. The molecule has 0 saturated carbocycles. The summed E-state index contributed by atoms with van der Waals surface area (Å²) in [6.45, 7) is 13.1. The van der Waals surface area contributed by atoms with Gasteiger partial charge in [0.15, 0.2) is 5.78 Å². The van der Waals surface area contributed by atoms with Crippen LogP contribution >= 0.6 is 0 Å². The summed E-state index contributed by atoms with van der Waals surface area (Å²) < 4.78 is 26.5. The van der Waals surface area contributed by atoms with E-state index in [1.54, 1.807) is 41.5 Å². The van der Waals surface area contributed by atoms with Gasteiger partial charge < -0.3 is 29.0 Å². The summed E-state index contributed by atoms with van der Waals surface area (Å²) in [6.07, 6.45) is 2.20. The zero-order valence-electron chi connectivity index (χ0n) is 23.7. The lowest BCUT2D eigenvalue weighted by Crippen LogP contribution is -2.43. The van der Waals surface area contributed by atoms with Crippen molar-refractivity contribution in [1.29, 1.82) is 0 Å². The van der Waals surface area contributed by atoms with E-state index in [1.165, 1.54) is 6.21 Å². The van der Waals surface area contributed by atoms with E-state index >= 15 is 0 Å². The molecule has 0 saturated heterocycles. The van der Waals surface area contributed by atoms with Crippen LogP contribution in [-0.2, 0) is 28.5 Å². The van der Waals surface area contributed by atoms with Gasteiger partial charge in [-0.15, -0.1) is 0 Å². The summed E-state index contributed by atoms with van der Waals surface area (Å²) in [5.74, 6) is -0.127. The smallest absolute Gasteiger partial charge is 0.433 e. The van der Waals surface area contributed by atoms with Crippen LogP contribution in [0.5, 0.6) is 0 Å². The van der Waals surface area contributed by atoms with Crippen LogP contribution in [0.25, 0.3) is 10.4 Å². The van der Waals surface area contributed by atoms with Gasteiger partial charge in [-0.05, 0) is 72.8 Å². The van der Waals surface area contributed by atoms with Crippen molar-refractivity contribution < 1.29 is 38.1 Å². The third-order valence-electron chi connectivity index (χ3n) is 4.35. The molecule has 0 bridgehead atoms. The number of Topliss-reactive ketones (excluding diaryl/α,β-unsaturated/α-hetero) is 1. The lowest BCUT2D eigenvalue weighted by molar-refractivity contribution is -0.121. The molecule has 0 spiro atoms. The molecule has 13 heteroatoms. The molecule has 1 N–H and O–H groups in total. The van der Waals surface area contributed by atoms with Crippen molar-refractivity contribution in [2.24, 2.45) is 10.1 Å². The Balaban J connectivity index is 4.35. The normalized spacial score (nSPS) is 12.6. The van der Waals surface area contributed by atoms with E-state index in [2.05, 4.69) is 20.3 Å². The first kappa shape index (κ1) is 35.3. The third-order valence-corrected chi connectivity index (χ3v) is 4.35. The molecule has 0 fully saturated rings. The SMILES string of the molecule is CC(C)(C)OC(=O)N=CCCC[C@H](NC(=O)OC(C)(C)C)C(=O)CCCOCCOCCOCCN=[N+]=[N-]. The van der Waals surface area contributed by atoms with Crippen LogP contribution in [0.15, 0.2) is 10.1 Å². The first-order valence-corrected chi connectivity index (χ1v) is 12.9. The highest BCUT2D eigenvalue weighted by molar-refractivity contribution is 5.87. The van der Waals surface area contributed by atoms with Gasteiger partial charge >= 0.3 is 12.2 Å². The summed E-state index contributed by atoms with van der Waals surface area (Å²) in [7, 11) is 0. The van der Waals surface area contributed by atoms with E-state index < -0.39 is 29.4 Å². The van der Waals surface area contributed by atoms with Crippen molar-refractivity contribution >= 4 is 24.2 Å². The highest BCUT2D eigenvalue weighted by Crippen LogP contribution is 2.11. The van der Waals surface area contributed by atoms with E-state index in [9.17, 15) is 14.4 Å². The molecule has 0 rings (SSSR count). The van der Waals surface area contributed by atoms with Crippen LogP contribution < -0.4 is 5.32 Å². The van der Waals surface area contributed by atoms with Gasteiger partial charge in [0.25, 0.3) is 0 Å². The maximum absolute atomic E-state index is 12.8. The topological polar surface area (TPSA) is 171 Å². The second-order valence-electron chi connectivity index (χ2n) is 10.3. The lowest BCUT2D eigenvalue weighted by atomic mass is 10.0. The fraction of sp³-hybridized carbons (Fsp3) is 0.840. The monoisotopic (exact) mass is 543 g/mol. The van der Waals surface area contributed by atoms with Gasteiger partial charge in [0.05, 0.1) is 39.1 Å². The number of ether oxygens (including phenoxy) is 5. The predicted octanol–water partition coefficient (Wildman–Crippen LogP) is 4.77. The molecule has 0 unspecified atom stereocenters. The second-order valence-corrected chi connectivity index (χ2v) is 10.3. The Labute approximate surface area is 225 Å². The molecule has 0 aliphatic carbocycles. The number of ketones is 1. The second kappa shape index (κ2) is 20.3. The van der Waals surface area contributed by atoms with E-state index in [4.69, 9.17) is 29.2 Å². The molecule has 0 aliphatic heterocycles. The first-order valence-electron chi connectivity index (χ1n) is 12.9. The first-order chi connectivity index (χ1) is 17.8. The summed E-state index contributed by atoms with van der Waals surface area (Å²) in [5, 5.41) is 6.02. The summed E-state index contributed by atoms with van der Waals surface area (Å²) >= 11 is 0. The van der Waals surface area contributed by atoms with Crippen molar-refractivity contribution in [2.45, 2.75) is 90.9 Å². The number of amides is 2. The van der Waals surface area contributed by atoms with E-state index in [1.807, 2.05) is 0 Å². The molecule has 0 aliphatic rings. The van der Waals surface area contributed by atoms with E-state index in [0.717, 1.165) is 0 Å². The molecule has 0 heterocycles. The largest absolute Gasteiger partial charge is 0.444 e. The molecule has 2 amide bonds. The summed E-state index contributed by atoms with van der Waals surface area (Å²) in [4.78, 5) is 43.0. The maximum Gasteiger partial charge on any atom is 0.433 e. The Kier molecular flexibility index (Phi) is 18.8. The Morgan fingerprint density at radius 3 is 2.03 bits per heavy atom. The Morgan fingerprint density at radius 1 is 0.868 bits per heavy atom. The number of alkyl carbamates (subject to hydrolysis) is 1. The molecular formula is C25H45N5O8. The molecule has 0 aromatic heterocycles. The van der Waals surface area contributed by atoms with Crippen LogP contribution in [-0.4, -0.2) is 87.6 Å². The van der Waals surface area contributed by atoms with Gasteiger partial charge in [-0.3, -0.25) is 4.79 Å². The minimum Gasteiger partial charge on any atom is -0.444 e. The van der Waals surface area contributed by atoms with Crippen LogP contribution in [0, 0.1) is 0 Å². The number of nitrogens with one attached hydrogen (secondary N) is 1. The third kappa shape index (κ3) is 23.7. The number of nitrogens with zero attached hydrogens (tertiary/aromatic N) is 4. The van der Waals surface area contributed by atoms with E-state index in [0.29, 0.717) is 65.3 Å². The van der Waals surface area contributed by atoms with Crippen molar-refractivity contribution in [3.63, 3.8) is 0 Å². The van der Waals surface area contributed by atoms with Crippen molar-refractivity contribution in [2.75, 3.05) is 46.2 Å². The summed E-state index contributed by atoms with van der Waals surface area (Å²) in [6, 6.07) is -0.720. The molecule has 13 nitrogen and oxygen atoms in total. The van der Waals surface area contributed by atoms with Gasteiger partial charge in [0, 0.05) is 30.7 Å². The lowest BCUT2D eigenvalue weighted by Gasteiger charge is -2.23. The van der Waals surface area contributed by atoms with Gasteiger partial charge in [-0.1, -0.05) is 5.11 Å². The van der Waals surface area contributed by atoms with Crippen LogP contribution in [0.2, 0.25) is 0 Å². The molecule has 1 atom stereocenters. The van der Waals surface area contributed by atoms with Gasteiger partial charge in [-0.2, -0.15) is 4.99 Å². The van der Waals surface area contributed by atoms with Crippen LogP contribution in [0.1, 0.15) is 73.6 Å². The Morgan fingerprint density at radius 2 is 1.45 bits per heavy atom. The molecular weight excluding hydrogens is 498 g/mol. The van der Waals surface area contributed by atoms with E-state index in [-0.39, 0.29) is 18.7 Å². The number of aliphatic imine (C=N–C) groups is 1. The zero-order chi connectivity index (χ0) is 28.9. The number of carbonyl (C=O) groups is 3. The fourth-order valence-corrected chi connectivity index (χ4v) is 2.82. The zero-order valence-corrected chi connectivity index (χ0v) is 23.7. The van der Waals surface area contributed by atoms with Crippen LogP contribution in [0.3, 0.4) is 0 Å². The van der Waals surface area contributed by atoms with Crippen molar-refractivity contribution in [3.8, 4) is 0 Å². The Hall–Kier alpha value is -2.73. The quantitative estimate of drug-likeness (QED) is 0.0798. The molecule has 0 aromatic carbocycles. The summed E-state index contributed by atoms with van der Waals surface area (Å²) in [5.41, 5.74) is 6.85. The molecule has 0 radical (unpaired) electrons. The number of hydrogen-bond donors (Lipinski definition) is 1.